The SMILES string of the molecule is CC/C=C\C/C=C\C/C=C\C/C=C\CCCCC(=O)NC(CO)C(O)/C=C/CC/C=C/CC/C=C/CCCCCCCCCCC. The average Bonchev–Trinajstić information content (AvgIpc) is 3.06. The third-order valence-corrected chi connectivity index (χ3v) is 7.84. The molecule has 0 aliphatic rings. The van der Waals surface area contributed by atoms with Crippen molar-refractivity contribution < 1.29 is 15.0 Å². The molecule has 3 N–H and O–H groups in total. The van der Waals surface area contributed by atoms with Crippen LogP contribution in [-0.2, 0) is 4.79 Å². The molecular weight excluding hydrogens is 566 g/mol. The van der Waals surface area contributed by atoms with Crippen molar-refractivity contribution in [3.8, 4) is 0 Å². The standard InChI is InChI=1S/C42H71NO3/c1-3-5-7-9-11-13-15-17-19-20-21-22-24-25-27-29-31-33-35-37-41(45)40(39-44)43-42(46)38-36-34-32-30-28-26-23-18-16-14-12-10-8-6-4-2/h6,8,12,14,18,21-23,27-30,35,37,40-41,44-45H,3-5,7,9-11,13,15-17,19-20,24-26,31-34,36,38-39H2,1-2H3,(H,43,46)/b8-6-,14-12-,22-21+,23-18-,29-27+,30-28-,37-35+. The second-order valence-electron chi connectivity index (χ2n) is 12.2. The number of amides is 1. The number of carbonyl (C=O) groups excluding carboxylic acids is 1. The van der Waals surface area contributed by atoms with Gasteiger partial charge in [0.2, 0.25) is 5.91 Å². The number of aliphatic hydroxyl groups excluding tert-OH is 2. The fraction of sp³-hybridized carbons (Fsp3) is 0.643. The lowest BCUT2D eigenvalue weighted by molar-refractivity contribution is -0.123. The quantitative estimate of drug-likeness (QED) is 0.0508. The summed E-state index contributed by atoms with van der Waals surface area (Å²) in [6.45, 7) is 4.13. The van der Waals surface area contributed by atoms with Crippen LogP contribution in [0.5, 0.6) is 0 Å². The molecular formula is C42H71NO3. The third-order valence-electron chi connectivity index (χ3n) is 7.84. The normalized spacial score (nSPS) is 14.1. The molecule has 4 heteroatoms. The molecule has 0 aromatic rings. The van der Waals surface area contributed by atoms with Crippen LogP contribution in [0.3, 0.4) is 0 Å². The molecule has 262 valence electrons. The van der Waals surface area contributed by atoms with Crippen molar-refractivity contribution in [2.45, 2.75) is 167 Å². The molecule has 0 rings (SSSR count). The molecule has 0 saturated carbocycles. The van der Waals surface area contributed by atoms with Gasteiger partial charge in [0.15, 0.2) is 0 Å². The second kappa shape index (κ2) is 37.0. The Bertz CT molecular complexity index is 864. The van der Waals surface area contributed by atoms with E-state index in [1.807, 2.05) is 6.08 Å². The van der Waals surface area contributed by atoms with Crippen LogP contribution in [0.1, 0.15) is 155 Å². The Kier molecular flexibility index (Phi) is 35.1. The van der Waals surface area contributed by atoms with Crippen molar-refractivity contribution >= 4 is 5.91 Å². The Balaban J connectivity index is 3.81. The topological polar surface area (TPSA) is 69.6 Å². The molecule has 2 unspecified atom stereocenters. The number of aliphatic hydroxyl groups is 2. The second-order valence-corrected chi connectivity index (χ2v) is 12.2. The Morgan fingerprint density at radius 3 is 1.52 bits per heavy atom. The summed E-state index contributed by atoms with van der Waals surface area (Å²) in [7, 11) is 0. The summed E-state index contributed by atoms with van der Waals surface area (Å²) in [5.74, 6) is -0.123. The fourth-order valence-corrected chi connectivity index (χ4v) is 4.96. The monoisotopic (exact) mass is 638 g/mol. The number of hydrogen-bond acceptors (Lipinski definition) is 3. The maximum atomic E-state index is 12.3. The van der Waals surface area contributed by atoms with Gasteiger partial charge in [-0.25, -0.2) is 0 Å². The number of hydrogen-bond donors (Lipinski definition) is 3. The van der Waals surface area contributed by atoms with Gasteiger partial charge < -0.3 is 15.5 Å². The van der Waals surface area contributed by atoms with Crippen molar-refractivity contribution in [3.05, 3.63) is 85.1 Å². The molecule has 4 nitrogen and oxygen atoms in total. The van der Waals surface area contributed by atoms with E-state index in [0.717, 1.165) is 70.6 Å². The van der Waals surface area contributed by atoms with Gasteiger partial charge in [-0.3, -0.25) is 4.79 Å². The summed E-state index contributed by atoms with van der Waals surface area (Å²) in [5.41, 5.74) is 0. The third kappa shape index (κ3) is 32.9. The Hall–Kier alpha value is -2.43. The van der Waals surface area contributed by atoms with Crippen LogP contribution in [0.4, 0.5) is 0 Å². The van der Waals surface area contributed by atoms with E-state index in [2.05, 4.69) is 92.1 Å². The number of rotatable bonds is 32. The van der Waals surface area contributed by atoms with E-state index in [9.17, 15) is 15.0 Å². The predicted octanol–water partition coefficient (Wildman–Crippen LogP) is 11.3. The average molecular weight is 638 g/mol. The van der Waals surface area contributed by atoms with Crippen LogP contribution in [0.15, 0.2) is 85.1 Å². The van der Waals surface area contributed by atoms with E-state index in [1.54, 1.807) is 6.08 Å². The van der Waals surface area contributed by atoms with Crippen molar-refractivity contribution in [3.63, 3.8) is 0 Å². The number of allylic oxidation sites excluding steroid dienone is 13. The first kappa shape index (κ1) is 43.6. The first-order valence-corrected chi connectivity index (χ1v) is 18.8. The Morgan fingerprint density at radius 1 is 0.543 bits per heavy atom. The Labute approximate surface area is 284 Å². The molecule has 0 aliphatic carbocycles. The van der Waals surface area contributed by atoms with E-state index in [-0.39, 0.29) is 12.5 Å². The molecule has 46 heavy (non-hydrogen) atoms. The molecule has 0 fully saturated rings. The summed E-state index contributed by atoms with van der Waals surface area (Å²) in [4.78, 5) is 12.3. The van der Waals surface area contributed by atoms with Gasteiger partial charge in [-0.2, -0.15) is 0 Å². The van der Waals surface area contributed by atoms with Crippen LogP contribution >= 0.6 is 0 Å². The van der Waals surface area contributed by atoms with Crippen LogP contribution in [-0.4, -0.2) is 34.9 Å². The van der Waals surface area contributed by atoms with Crippen LogP contribution in [0.2, 0.25) is 0 Å². The molecule has 0 bridgehead atoms. The van der Waals surface area contributed by atoms with E-state index >= 15 is 0 Å². The fourth-order valence-electron chi connectivity index (χ4n) is 4.96. The lowest BCUT2D eigenvalue weighted by atomic mass is 10.1. The summed E-state index contributed by atoms with van der Waals surface area (Å²) < 4.78 is 0. The van der Waals surface area contributed by atoms with Crippen LogP contribution in [0.25, 0.3) is 0 Å². The van der Waals surface area contributed by atoms with Gasteiger partial charge in [-0.15, -0.1) is 0 Å². The summed E-state index contributed by atoms with van der Waals surface area (Å²) >= 11 is 0. The Morgan fingerprint density at radius 2 is 0.978 bits per heavy atom. The van der Waals surface area contributed by atoms with Gasteiger partial charge in [0.05, 0.1) is 18.8 Å². The molecule has 0 heterocycles. The summed E-state index contributed by atoms with van der Waals surface area (Å²) in [5, 5.41) is 22.8. The van der Waals surface area contributed by atoms with E-state index < -0.39 is 12.1 Å². The van der Waals surface area contributed by atoms with E-state index in [1.165, 1.54) is 64.2 Å². The van der Waals surface area contributed by atoms with Crippen molar-refractivity contribution in [1.29, 1.82) is 0 Å². The van der Waals surface area contributed by atoms with Crippen LogP contribution < -0.4 is 5.32 Å². The highest BCUT2D eigenvalue weighted by Gasteiger charge is 2.17. The minimum atomic E-state index is -0.891. The lowest BCUT2D eigenvalue weighted by Crippen LogP contribution is -2.45. The molecule has 0 radical (unpaired) electrons. The molecule has 2 atom stereocenters. The molecule has 1 amide bonds. The zero-order valence-corrected chi connectivity index (χ0v) is 29.8. The molecule has 0 aromatic heterocycles. The van der Waals surface area contributed by atoms with Crippen molar-refractivity contribution in [2.24, 2.45) is 0 Å². The van der Waals surface area contributed by atoms with Crippen molar-refractivity contribution in [1.82, 2.24) is 5.32 Å². The smallest absolute Gasteiger partial charge is 0.220 e. The maximum absolute atomic E-state index is 12.3. The highest BCUT2D eigenvalue weighted by molar-refractivity contribution is 5.76. The van der Waals surface area contributed by atoms with Crippen LogP contribution in [0, 0.1) is 0 Å². The highest BCUT2D eigenvalue weighted by atomic mass is 16.3. The molecule has 0 aliphatic heterocycles. The summed E-state index contributed by atoms with van der Waals surface area (Å²) in [6.07, 6.45) is 53.9. The number of nitrogens with one attached hydrogen (secondary N) is 1. The van der Waals surface area contributed by atoms with Gasteiger partial charge in [0.1, 0.15) is 0 Å². The molecule has 0 aromatic carbocycles. The number of carbonyl (C=O) groups is 1. The first-order valence-electron chi connectivity index (χ1n) is 18.8. The predicted molar refractivity (Wildman–Crippen MR) is 202 cm³/mol. The van der Waals surface area contributed by atoms with Gasteiger partial charge >= 0.3 is 0 Å². The largest absolute Gasteiger partial charge is 0.394 e. The van der Waals surface area contributed by atoms with Gasteiger partial charge in [0.25, 0.3) is 0 Å². The zero-order chi connectivity index (χ0) is 33.6. The lowest BCUT2D eigenvalue weighted by Gasteiger charge is -2.19. The maximum Gasteiger partial charge on any atom is 0.220 e. The summed E-state index contributed by atoms with van der Waals surface area (Å²) in [6, 6.07) is -0.670. The minimum absolute atomic E-state index is 0.123. The van der Waals surface area contributed by atoms with Crippen molar-refractivity contribution in [2.75, 3.05) is 6.61 Å². The molecule has 0 saturated heterocycles. The van der Waals surface area contributed by atoms with Gasteiger partial charge in [0, 0.05) is 6.42 Å². The molecule has 0 spiro atoms. The highest BCUT2D eigenvalue weighted by Crippen LogP contribution is 2.11. The van der Waals surface area contributed by atoms with E-state index in [0.29, 0.717) is 6.42 Å². The van der Waals surface area contributed by atoms with Gasteiger partial charge in [-0.1, -0.05) is 150 Å². The van der Waals surface area contributed by atoms with E-state index in [4.69, 9.17) is 0 Å². The zero-order valence-electron chi connectivity index (χ0n) is 29.8. The van der Waals surface area contributed by atoms with Gasteiger partial charge in [-0.05, 0) is 83.5 Å². The minimum Gasteiger partial charge on any atom is -0.394 e. The number of unbranched alkanes of at least 4 members (excludes halogenated alkanes) is 13. The first-order chi connectivity index (χ1) is 22.7.